The number of benzene rings is 1. The molecular weight excluding hydrogens is 214 g/mol. The molecule has 1 heterocycles. The molecule has 0 amide bonds. The van der Waals surface area contributed by atoms with Gasteiger partial charge >= 0.3 is 0 Å². The highest BCUT2D eigenvalue weighted by Gasteiger charge is 2.25. The van der Waals surface area contributed by atoms with Gasteiger partial charge in [-0.25, -0.2) is 0 Å². The third-order valence-corrected chi connectivity index (χ3v) is 4.32. The first kappa shape index (κ1) is 10.3. The summed E-state index contributed by atoms with van der Waals surface area (Å²) < 4.78 is 0. The van der Waals surface area contributed by atoms with Crippen molar-refractivity contribution in [3.8, 4) is 0 Å². The average molecular weight is 228 g/mol. The van der Waals surface area contributed by atoms with Gasteiger partial charge in [-0.2, -0.15) is 0 Å². The fourth-order valence-corrected chi connectivity index (χ4v) is 3.44. The van der Waals surface area contributed by atoms with Crippen molar-refractivity contribution >= 4 is 23.4 Å². The van der Waals surface area contributed by atoms with E-state index in [0.29, 0.717) is 11.3 Å². The van der Waals surface area contributed by atoms with Crippen LogP contribution in [-0.2, 0) is 0 Å². The van der Waals surface area contributed by atoms with Crippen LogP contribution in [0.2, 0.25) is 5.02 Å². The van der Waals surface area contributed by atoms with Crippen LogP contribution in [0.1, 0.15) is 24.9 Å². The smallest absolute Gasteiger partial charge is 0.0545 e. The molecule has 0 aromatic heterocycles. The summed E-state index contributed by atoms with van der Waals surface area (Å²) in [4.78, 5) is 1.26. The van der Waals surface area contributed by atoms with Gasteiger partial charge in [0.05, 0.1) is 5.02 Å². The Balaban J connectivity index is 2.45. The molecule has 1 nitrogen and oxygen atoms in total. The number of rotatable bonds is 1. The van der Waals surface area contributed by atoms with Crippen molar-refractivity contribution in [3.63, 3.8) is 0 Å². The highest BCUT2D eigenvalue weighted by molar-refractivity contribution is 8.00. The molecule has 1 N–H and O–H groups in total. The minimum atomic E-state index is 0.458. The van der Waals surface area contributed by atoms with Crippen LogP contribution in [0.15, 0.2) is 23.1 Å². The molecule has 2 rings (SSSR count). The summed E-state index contributed by atoms with van der Waals surface area (Å²) in [7, 11) is 2.01. The maximum atomic E-state index is 6.18. The minimum Gasteiger partial charge on any atom is -0.313 e. The SMILES string of the molecule is CNC1CC(C)Sc2c(Cl)cccc21. The summed E-state index contributed by atoms with van der Waals surface area (Å²) in [6.07, 6.45) is 1.18. The fourth-order valence-electron chi connectivity index (χ4n) is 1.91. The minimum absolute atomic E-state index is 0.458. The lowest BCUT2D eigenvalue weighted by Gasteiger charge is -2.29. The van der Waals surface area contributed by atoms with E-state index in [-0.39, 0.29) is 0 Å². The Labute approximate surface area is 94.2 Å². The molecule has 0 radical (unpaired) electrons. The van der Waals surface area contributed by atoms with Crippen LogP contribution in [-0.4, -0.2) is 12.3 Å². The molecule has 76 valence electrons. The molecule has 0 bridgehead atoms. The van der Waals surface area contributed by atoms with Gasteiger partial charge in [-0.05, 0) is 25.1 Å². The van der Waals surface area contributed by atoms with Crippen LogP contribution in [0.4, 0.5) is 0 Å². The van der Waals surface area contributed by atoms with Crippen LogP contribution in [0.3, 0.4) is 0 Å². The molecule has 0 saturated heterocycles. The normalized spacial score (nSPS) is 25.9. The van der Waals surface area contributed by atoms with E-state index in [1.54, 1.807) is 0 Å². The van der Waals surface area contributed by atoms with E-state index in [0.717, 1.165) is 5.02 Å². The summed E-state index contributed by atoms with van der Waals surface area (Å²) in [6.45, 7) is 2.25. The predicted molar refractivity (Wildman–Crippen MR) is 63.2 cm³/mol. The second-order valence-electron chi connectivity index (χ2n) is 3.66. The first-order chi connectivity index (χ1) is 6.72. The largest absolute Gasteiger partial charge is 0.313 e. The monoisotopic (exact) mass is 227 g/mol. The summed E-state index contributed by atoms with van der Waals surface area (Å²) in [6, 6.07) is 6.63. The fraction of sp³-hybridized carbons (Fsp3) is 0.455. The third kappa shape index (κ3) is 1.79. The molecule has 1 aliphatic heterocycles. The lowest BCUT2D eigenvalue weighted by Crippen LogP contribution is -2.24. The van der Waals surface area contributed by atoms with Crippen molar-refractivity contribution < 1.29 is 0 Å². The van der Waals surface area contributed by atoms with Crippen molar-refractivity contribution in [2.24, 2.45) is 0 Å². The van der Waals surface area contributed by atoms with Gasteiger partial charge in [-0.15, -0.1) is 11.8 Å². The van der Waals surface area contributed by atoms with E-state index in [4.69, 9.17) is 11.6 Å². The topological polar surface area (TPSA) is 12.0 Å². The van der Waals surface area contributed by atoms with Crippen LogP contribution in [0, 0.1) is 0 Å². The van der Waals surface area contributed by atoms with Crippen LogP contribution >= 0.6 is 23.4 Å². The van der Waals surface area contributed by atoms with E-state index < -0.39 is 0 Å². The highest BCUT2D eigenvalue weighted by Crippen LogP contribution is 2.43. The molecule has 2 atom stereocenters. The lowest BCUT2D eigenvalue weighted by atomic mass is 10.0. The Kier molecular flexibility index (Phi) is 3.05. The number of hydrogen-bond donors (Lipinski definition) is 1. The van der Waals surface area contributed by atoms with Crippen molar-refractivity contribution in [1.82, 2.24) is 5.32 Å². The Morgan fingerprint density at radius 3 is 3.00 bits per heavy atom. The third-order valence-electron chi connectivity index (χ3n) is 2.61. The summed E-state index contributed by atoms with van der Waals surface area (Å²) in [5.41, 5.74) is 1.35. The summed E-state index contributed by atoms with van der Waals surface area (Å²) >= 11 is 8.07. The number of nitrogens with one attached hydrogen (secondary N) is 1. The number of hydrogen-bond acceptors (Lipinski definition) is 2. The Hall–Kier alpha value is -0.180. The summed E-state index contributed by atoms with van der Waals surface area (Å²) in [5, 5.41) is 4.87. The van der Waals surface area contributed by atoms with Gasteiger partial charge in [0.2, 0.25) is 0 Å². The van der Waals surface area contributed by atoms with Gasteiger partial charge in [0.15, 0.2) is 0 Å². The van der Waals surface area contributed by atoms with Gasteiger partial charge < -0.3 is 5.32 Å². The molecule has 3 heteroatoms. The highest BCUT2D eigenvalue weighted by atomic mass is 35.5. The molecule has 2 unspecified atom stereocenters. The second-order valence-corrected chi connectivity index (χ2v) is 5.52. The number of fused-ring (bicyclic) bond motifs is 1. The first-order valence-corrected chi connectivity index (χ1v) is 6.10. The van der Waals surface area contributed by atoms with Crippen molar-refractivity contribution in [3.05, 3.63) is 28.8 Å². The molecular formula is C11H14ClNS. The summed E-state index contributed by atoms with van der Waals surface area (Å²) in [5.74, 6) is 0. The molecule has 0 spiro atoms. The zero-order valence-electron chi connectivity index (χ0n) is 8.38. The van der Waals surface area contributed by atoms with Crippen LogP contribution < -0.4 is 5.32 Å². The maximum Gasteiger partial charge on any atom is 0.0545 e. The molecule has 14 heavy (non-hydrogen) atoms. The van der Waals surface area contributed by atoms with Gasteiger partial charge in [0.25, 0.3) is 0 Å². The van der Waals surface area contributed by atoms with Crippen molar-refractivity contribution in [2.45, 2.75) is 29.5 Å². The van der Waals surface area contributed by atoms with Gasteiger partial charge in [0, 0.05) is 16.2 Å². The van der Waals surface area contributed by atoms with Crippen LogP contribution in [0.5, 0.6) is 0 Å². The lowest BCUT2D eigenvalue weighted by molar-refractivity contribution is 0.531. The standard InChI is InChI=1S/C11H14ClNS/c1-7-6-10(13-2)8-4-3-5-9(12)11(8)14-7/h3-5,7,10,13H,6H2,1-2H3. The molecule has 1 aliphatic rings. The van der Waals surface area contributed by atoms with E-state index in [9.17, 15) is 0 Å². The Morgan fingerprint density at radius 1 is 1.50 bits per heavy atom. The maximum absolute atomic E-state index is 6.18. The zero-order valence-corrected chi connectivity index (χ0v) is 9.95. The molecule has 1 aromatic carbocycles. The number of halogens is 1. The number of thioether (sulfide) groups is 1. The van der Waals surface area contributed by atoms with E-state index in [1.165, 1.54) is 16.9 Å². The molecule has 1 aromatic rings. The quantitative estimate of drug-likeness (QED) is 0.789. The Morgan fingerprint density at radius 2 is 2.29 bits per heavy atom. The van der Waals surface area contributed by atoms with Crippen molar-refractivity contribution in [1.29, 1.82) is 0 Å². The van der Waals surface area contributed by atoms with Gasteiger partial charge in [0.1, 0.15) is 0 Å². The second kappa shape index (κ2) is 4.13. The molecule has 0 fully saturated rings. The van der Waals surface area contributed by atoms with E-state index in [2.05, 4.69) is 18.3 Å². The first-order valence-electron chi connectivity index (χ1n) is 4.84. The molecule has 0 saturated carbocycles. The van der Waals surface area contributed by atoms with Gasteiger partial charge in [-0.3, -0.25) is 0 Å². The van der Waals surface area contributed by atoms with Crippen molar-refractivity contribution in [2.75, 3.05) is 7.05 Å². The van der Waals surface area contributed by atoms with Gasteiger partial charge in [-0.1, -0.05) is 30.7 Å². The molecule has 0 aliphatic carbocycles. The zero-order chi connectivity index (χ0) is 10.1. The average Bonchev–Trinajstić information content (AvgIpc) is 2.18. The van der Waals surface area contributed by atoms with E-state index in [1.807, 2.05) is 30.9 Å². The van der Waals surface area contributed by atoms with E-state index >= 15 is 0 Å². The van der Waals surface area contributed by atoms with Crippen LogP contribution in [0.25, 0.3) is 0 Å². The predicted octanol–water partition coefficient (Wildman–Crippen LogP) is 3.48. The Bertz CT molecular complexity index is 340.